The Morgan fingerprint density at radius 2 is 1.86 bits per heavy atom. The van der Waals surface area contributed by atoms with Crippen molar-refractivity contribution in [1.82, 2.24) is 0 Å². The van der Waals surface area contributed by atoms with Crippen LogP contribution in [0, 0.1) is 5.92 Å². The lowest BCUT2D eigenvalue weighted by atomic mass is 9.78. The standard InChI is InChI=1S/C23H24N2O4/c24-22(27)23(29-21(26)18-6-7-20-17(14-18)10-13-28-20)11-8-16(9-12-23)15-25-19-4-2-1-3-5-19/h1-7,10,13-14,16,25H,8-9,11-12,15H2,(H2,24,27). The van der Waals surface area contributed by atoms with Crippen LogP contribution in [0.1, 0.15) is 36.0 Å². The lowest BCUT2D eigenvalue weighted by molar-refractivity contribution is -0.141. The third-order valence-electron chi connectivity index (χ3n) is 5.71. The summed E-state index contributed by atoms with van der Waals surface area (Å²) in [5, 5.41) is 4.23. The molecule has 0 spiro atoms. The van der Waals surface area contributed by atoms with Gasteiger partial charge in [-0.2, -0.15) is 0 Å². The summed E-state index contributed by atoms with van der Waals surface area (Å²) in [6.45, 7) is 0.809. The summed E-state index contributed by atoms with van der Waals surface area (Å²) in [7, 11) is 0. The van der Waals surface area contributed by atoms with Crippen LogP contribution in [-0.2, 0) is 9.53 Å². The van der Waals surface area contributed by atoms with Gasteiger partial charge in [-0.1, -0.05) is 18.2 Å². The molecule has 0 saturated heterocycles. The number of esters is 1. The Balaban J connectivity index is 1.39. The number of hydrogen-bond acceptors (Lipinski definition) is 5. The van der Waals surface area contributed by atoms with Crippen LogP contribution in [0.25, 0.3) is 11.0 Å². The maximum atomic E-state index is 12.7. The average Bonchev–Trinajstić information content (AvgIpc) is 3.22. The third kappa shape index (κ3) is 4.11. The first-order chi connectivity index (χ1) is 14.1. The number of primary amides is 1. The van der Waals surface area contributed by atoms with E-state index in [4.69, 9.17) is 14.9 Å². The van der Waals surface area contributed by atoms with Gasteiger partial charge in [0.1, 0.15) is 5.58 Å². The average molecular weight is 392 g/mol. The van der Waals surface area contributed by atoms with E-state index < -0.39 is 17.5 Å². The Morgan fingerprint density at radius 3 is 2.59 bits per heavy atom. The van der Waals surface area contributed by atoms with Gasteiger partial charge in [0, 0.05) is 17.6 Å². The highest BCUT2D eigenvalue weighted by Gasteiger charge is 2.44. The summed E-state index contributed by atoms with van der Waals surface area (Å²) in [5.41, 5.74) is 6.57. The zero-order valence-electron chi connectivity index (χ0n) is 16.1. The van der Waals surface area contributed by atoms with Crippen molar-refractivity contribution in [2.24, 2.45) is 11.7 Å². The highest BCUT2D eigenvalue weighted by molar-refractivity contribution is 5.96. The Morgan fingerprint density at radius 1 is 1.10 bits per heavy atom. The van der Waals surface area contributed by atoms with Gasteiger partial charge in [0.2, 0.25) is 0 Å². The number of para-hydroxylation sites is 1. The summed E-state index contributed by atoms with van der Waals surface area (Å²) < 4.78 is 11.0. The minimum Gasteiger partial charge on any atom is -0.464 e. The van der Waals surface area contributed by atoms with Crippen LogP contribution in [0.3, 0.4) is 0 Å². The highest BCUT2D eigenvalue weighted by atomic mass is 16.6. The van der Waals surface area contributed by atoms with Gasteiger partial charge in [0.05, 0.1) is 11.8 Å². The number of carbonyl (C=O) groups is 2. The monoisotopic (exact) mass is 392 g/mol. The minimum atomic E-state index is -1.24. The van der Waals surface area contributed by atoms with Gasteiger partial charge in [-0.3, -0.25) is 4.79 Å². The number of fused-ring (bicyclic) bond motifs is 1. The molecule has 1 amide bonds. The van der Waals surface area contributed by atoms with Crippen LogP contribution in [0.2, 0.25) is 0 Å². The zero-order valence-corrected chi connectivity index (χ0v) is 16.1. The highest BCUT2D eigenvalue weighted by Crippen LogP contribution is 2.36. The zero-order chi connectivity index (χ0) is 20.3. The number of amides is 1. The normalized spacial score (nSPS) is 21.6. The maximum absolute atomic E-state index is 12.7. The molecule has 6 nitrogen and oxygen atoms in total. The largest absolute Gasteiger partial charge is 0.464 e. The van der Waals surface area contributed by atoms with E-state index in [2.05, 4.69) is 5.32 Å². The number of ether oxygens (including phenoxy) is 1. The summed E-state index contributed by atoms with van der Waals surface area (Å²) in [4.78, 5) is 24.9. The fraction of sp³-hybridized carbons (Fsp3) is 0.304. The first kappa shape index (κ1) is 19.1. The van der Waals surface area contributed by atoms with Crippen LogP contribution in [-0.4, -0.2) is 24.0 Å². The van der Waals surface area contributed by atoms with Crippen molar-refractivity contribution in [3.63, 3.8) is 0 Å². The van der Waals surface area contributed by atoms with Gasteiger partial charge in [-0.25, -0.2) is 4.79 Å². The second kappa shape index (κ2) is 7.99. The van der Waals surface area contributed by atoms with E-state index in [1.807, 2.05) is 30.3 Å². The van der Waals surface area contributed by atoms with E-state index in [0.29, 0.717) is 29.9 Å². The molecule has 3 N–H and O–H groups in total. The smallest absolute Gasteiger partial charge is 0.339 e. The molecule has 0 radical (unpaired) electrons. The fourth-order valence-corrected chi connectivity index (χ4v) is 3.89. The fourth-order valence-electron chi connectivity index (χ4n) is 3.89. The molecular weight excluding hydrogens is 368 g/mol. The number of benzene rings is 2. The minimum absolute atomic E-state index is 0.382. The quantitative estimate of drug-likeness (QED) is 0.616. The predicted octanol–water partition coefficient (Wildman–Crippen LogP) is 4.12. The van der Waals surface area contributed by atoms with E-state index in [-0.39, 0.29) is 0 Å². The second-order valence-electron chi connectivity index (χ2n) is 7.61. The Hall–Kier alpha value is -3.28. The summed E-state index contributed by atoms with van der Waals surface area (Å²) in [6.07, 6.45) is 3.95. The number of nitrogens with two attached hydrogens (primary N) is 1. The first-order valence-electron chi connectivity index (χ1n) is 9.85. The molecular formula is C23H24N2O4. The number of anilines is 1. The van der Waals surface area contributed by atoms with Crippen molar-refractivity contribution in [1.29, 1.82) is 0 Å². The first-order valence-corrected chi connectivity index (χ1v) is 9.85. The summed E-state index contributed by atoms with van der Waals surface area (Å²) in [6, 6.07) is 16.8. The predicted molar refractivity (Wildman–Crippen MR) is 110 cm³/mol. The molecule has 1 aliphatic carbocycles. The summed E-state index contributed by atoms with van der Waals surface area (Å²) in [5.74, 6) is -0.721. The lowest BCUT2D eigenvalue weighted by Gasteiger charge is -2.37. The van der Waals surface area contributed by atoms with Gasteiger partial charge >= 0.3 is 5.97 Å². The van der Waals surface area contributed by atoms with Gasteiger partial charge in [0.15, 0.2) is 5.60 Å². The molecule has 0 unspecified atom stereocenters. The SMILES string of the molecule is NC(=O)C1(OC(=O)c2ccc3occc3c2)CCC(CNc2ccccc2)CC1. The lowest BCUT2D eigenvalue weighted by Crippen LogP contribution is -2.50. The molecule has 1 saturated carbocycles. The van der Waals surface area contributed by atoms with Crippen LogP contribution in [0.4, 0.5) is 5.69 Å². The van der Waals surface area contributed by atoms with Crippen molar-refractivity contribution in [2.75, 3.05) is 11.9 Å². The number of furan rings is 1. The summed E-state index contributed by atoms with van der Waals surface area (Å²) >= 11 is 0. The van der Waals surface area contributed by atoms with Crippen LogP contribution in [0.15, 0.2) is 65.3 Å². The van der Waals surface area contributed by atoms with Gasteiger partial charge in [0.25, 0.3) is 5.91 Å². The van der Waals surface area contributed by atoms with E-state index >= 15 is 0 Å². The third-order valence-corrected chi connectivity index (χ3v) is 5.71. The molecule has 6 heteroatoms. The van der Waals surface area contributed by atoms with Gasteiger partial charge in [-0.05, 0) is 68.0 Å². The molecule has 1 aromatic heterocycles. The van der Waals surface area contributed by atoms with E-state index in [1.54, 1.807) is 30.5 Å². The Bertz CT molecular complexity index is 1000. The number of carbonyl (C=O) groups excluding carboxylic acids is 2. The van der Waals surface area contributed by atoms with Crippen molar-refractivity contribution in [3.8, 4) is 0 Å². The molecule has 0 atom stereocenters. The molecule has 150 valence electrons. The number of rotatable bonds is 6. The van der Waals surface area contributed by atoms with Crippen LogP contribution >= 0.6 is 0 Å². The van der Waals surface area contributed by atoms with E-state index in [9.17, 15) is 9.59 Å². The van der Waals surface area contributed by atoms with Crippen molar-refractivity contribution in [2.45, 2.75) is 31.3 Å². The molecule has 29 heavy (non-hydrogen) atoms. The molecule has 0 bridgehead atoms. The van der Waals surface area contributed by atoms with Gasteiger partial charge < -0.3 is 20.2 Å². The number of nitrogens with one attached hydrogen (secondary N) is 1. The molecule has 3 aromatic rings. The molecule has 0 aliphatic heterocycles. The molecule has 1 aliphatic rings. The topological polar surface area (TPSA) is 94.6 Å². The Labute approximate surface area is 169 Å². The Kier molecular flexibility index (Phi) is 5.25. The van der Waals surface area contributed by atoms with E-state index in [0.717, 1.165) is 30.5 Å². The van der Waals surface area contributed by atoms with Gasteiger partial charge in [-0.15, -0.1) is 0 Å². The van der Waals surface area contributed by atoms with E-state index in [1.165, 1.54) is 0 Å². The molecule has 4 rings (SSSR count). The maximum Gasteiger partial charge on any atom is 0.339 e. The van der Waals surface area contributed by atoms with Crippen molar-refractivity contribution >= 4 is 28.5 Å². The number of hydrogen-bond donors (Lipinski definition) is 2. The molecule has 1 fully saturated rings. The van der Waals surface area contributed by atoms with Crippen LogP contribution in [0.5, 0.6) is 0 Å². The van der Waals surface area contributed by atoms with Crippen molar-refractivity contribution in [3.05, 3.63) is 66.4 Å². The molecule has 2 aromatic carbocycles. The second-order valence-corrected chi connectivity index (χ2v) is 7.61. The van der Waals surface area contributed by atoms with Crippen LogP contribution < -0.4 is 11.1 Å². The molecule has 1 heterocycles. The van der Waals surface area contributed by atoms with Crippen molar-refractivity contribution < 1.29 is 18.7 Å².